The number of carbonyl (C=O) groups is 1. The number of nitrogens with one attached hydrogen (secondary N) is 1. The van der Waals surface area contributed by atoms with E-state index in [1.807, 2.05) is 32.0 Å². The van der Waals surface area contributed by atoms with Gasteiger partial charge in [0.1, 0.15) is 18.0 Å². The average Bonchev–Trinajstić information content (AvgIpc) is 3.46. The van der Waals surface area contributed by atoms with Crippen LogP contribution in [0, 0.1) is 19.3 Å². The summed E-state index contributed by atoms with van der Waals surface area (Å²) < 4.78 is 47.2. The largest absolute Gasteiger partial charge is 0.486 e. The number of aryl methyl sites for hydroxylation is 2. The summed E-state index contributed by atoms with van der Waals surface area (Å²) in [6.07, 6.45) is 0.131. The fourth-order valence-corrected chi connectivity index (χ4v) is 6.46. The number of rotatable bonds is 7. The lowest BCUT2D eigenvalue weighted by Gasteiger charge is -2.37. The Bertz CT molecular complexity index is 1250. The molecule has 36 heavy (non-hydrogen) atoms. The smallest absolute Gasteiger partial charge is 0.301 e. The highest BCUT2D eigenvalue weighted by Crippen LogP contribution is 2.38. The Morgan fingerprint density at radius 3 is 2.58 bits per heavy atom. The Labute approximate surface area is 212 Å². The van der Waals surface area contributed by atoms with Crippen LogP contribution in [0.4, 0.5) is 5.69 Å². The van der Waals surface area contributed by atoms with E-state index in [1.54, 1.807) is 36.3 Å². The number of benzene rings is 2. The zero-order valence-corrected chi connectivity index (χ0v) is 21.7. The van der Waals surface area contributed by atoms with Crippen molar-refractivity contribution < 1.29 is 27.4 Å². The van der Waals surface area contributed by atoms with Crippen molar-refractivity contribution >= 4 is 21.8 Å². The summed E-state index contributed by atoms with van der Waals surface area (Å²) >= 11 is 0. The van der Waals surface area contributed by atoms with Gasteiger partial charge in [-0.05, 0) is 44.0 Å². The Morgan fingerprint density at radius 1 is 1.11 bits per heavy atom. The van der Waals surface area contributed by atoms with Crippen molar-refractivity contribution in [3.8, 4) is 5.75 Å². The third kappa shape index (κ3) is 4.95. The zero-order valence-electron chi connectivity index (χ0n) is 20.9. The molecule has 2 aromatic carbocycles. The number of hydrogen-bond donors (Lipinski definition) is 1. The quantitative estimate of drug-likeness (QED) is 0.609. The van der Waals surface area contributed by atoms with Gasteiger partial charge in [0.05, 0.1) is 32.0 Å². The van der Waals surface area contributed by atoms with Crippen LogP contribution in [-0.2, 0) is 19.7 Å². The molecule has 2 aromatic rings. The minimum atomic E-state index is -3.68. The lowest BCUT2D eigenvalue weighted by molar-refractivity contribution is -0.102. The van der Waals surface area contributed by atoms with Crippen molar-refractivity contribution in [1.29, 1.82) is 0 Å². The summed E-state index contributed by atoms with van der Waals surface area (Å²) in [6.45, 7) is 6.88. The molecule has 1 spiro atoms. The number of hydrogen-bond acceptors (Lipinski definition) is 6. The number of nitrogens with zero attached hydrogens (tertiary/aromatic N) is 2. The van der Waals surface area contributed by atoms with Gasteiger partial charge in [0.25, 0.3) is 5.91 Å². The van der Waals surface area contributed by atoms with E-state index in [4.69, 9.17) is 14.2 Å². The predicted molar refractivity (Wildman–Crippen MR) is 135 cm³/mol. The minimum Gasteiger partial charge on any atom is -0.486 e. The van der Waals surface area contributed by atoms with Crippen LogP contribution in [-0.4, -0.2) is 82.2 Å². The summed E-state index contributed by atoms with van der Waals surface area (Å²) in [5, 5.41) is 0. The number of amides is 1. The first kappa shape index (κ1) is 25.0. The van der Waals surface area contributed by atoms with Gasteiger partial charge in [-0.15, -0.1) is 0 Å². The van der Waals surface area contributed by atoms with Crippen molar-refractivity contribution in [3.63, 3.8) is 0 Å². The molecule has 3 aliphatic rings. The van der Waals surface area contributed by atoms with Crippen LogP contribution in [0.25, 0.3) is 0 Å². The molecule has 0 aromatic heterocycles. The maximum atomic E-state index is 13.2. The van der Waals surface area contributed by atoms with Gasteiger partial charge in [-0.1, -0.05) is 23.8 Å². The van der Waals surface area contributed by atoms with E-state index < -0.39 is 10.2 Å². The molecular formula is C26H33N3O6S. The standard InChI is InChI=1S/C26H33N3O6S/c1-18-7-8-19(2)22(11-18)25(30)28-13-23(33-3)24(14-28)35-21-6-4-5-20(12-21)27-36(31,32)29-10-9-26(15-29)16-34-17-26/h4-8,11-12,23-24,27H,9-10,13-17H2,1-3H3. The zero-order chi connectivity index (χ0) is 25.5. The molecule has 0 aliphatic carbocycles. The third-order valence-electron chi connectivity index (χ3n) is 7.36. The molecule has 0 bridgehead atoms. The van der Waals surface area contributed by atoms with Crippen LogP contribution in [0.2, 0.25) is 0 Å². The molecule has 9 nitrogen and oxygen atoms in total. The predicted octanol–water partition coefficient (Wildman–Crippen LogP) is 2.60. The van der Waals surface area contributed by atoms with Crippen LogP contribution in [0.3, 0.4) is 0 Å². The summed E-state index contributed by atoms with van der Waals surface area (Å²) in [4.78, 5) is 15.0. The molecule has 10 heteroatoms. The highest BCUT2D eigenvalue weighted by molar-refractivity contribution is 7.90. The summed E-state index contributed by atoms with van der Waals surface area (Å²) in [6, 6.07) is 12.7. The van der Waals surface area contributed by atoms with Crippen LogP contribution < -0.4 is 9.46 Å². The average molecular weight is 516 g/mol. The van der Waals surface area contributed by atoms with Gasteiger partial charge < -0.3 is 19.1 Å². The maximum absolute atomic E-state index is 13.2. The monoisotopic (exact) mass is 515 g/mol. The van der Waals surface area contributed by atoms with Gasteiger partial charge in [0.2, 0.25) is 0 Å². The molecule has 0 saturated carbocycles. The van der Waals surface area contributed by atoms with Gasteiger partial charge in [-0.25, -0.2) is 0 Å². The topological polar surface area (TPSA) is 97.4 Å². The fourth-order valence-electron chi connectivity index (χ4n) is 5.13. The van der Waals surface area contributed by atoms with Crippen molar-refractivity contribution in [3.05, 3.63) is 59.2 Å². The molecule has 194 valence electrons. The van der Waals surface area contributed by atoms with Crippen molar-refractivity contribution in [2.45, 2.75) is 32.5 Å². The molecule has 2 unspecified atom stereocenters. The van der Waals surface area contributed by atoms with E-state index in [9.17, 15) is 13.2 Å². The van der Waals surface area contributed by atoms with Gasteiger partial charge in [0.15, 0.2) is 0 Å². The van der Waals surface area contributed by atoms with E-state index in [1.165, 1.54) is 4.31 Å². The Morgan fingerprint density at radius 2 is 1.89 bits per heavy atom. The minimum absolute atomic E-state index is 0.0301. The molecule has 1 amide bonds. The van der Waals surface area contributed by atoms with Crippen molar-refractivity contribution in [2.75, 3.05) is 51.2 Å². The van der Waals surface area contributed by atoms with Crippen LogP contribution in [0.5, 0.6) is 5.75 Å². The Kier molecular flexibility index (Phi) is 6.71. The number of methoxy groups -OCH3 is 1. The lowest BCUT2D eigenvalue weighted by Crippen LogP contribution is -2.46. The first-order valence-electron chi connectivity index (χ1n) is 12.2. The van der Waals surface area contributed by atoms with E-state index in [0.717, 1.165) is 17.5 Å². The SMILES string of the molecule is COC1CN(C(=O)c2cc(C)ccc2C)CC1Oc1cccc(NS(=O)(=O)N2CCC3(COC3)C2)c1. The highest BCUT2D eigenvalue weighted by atomic mass is 32.2. The Balaban J connectivity index is 1.25. The van der Waals surface area contributed by atoms with Crippen LogP contribution >= 0.6 is 0 Å². The van der Waals surface area contributed by atoms with Crippen LogP contribution in [0.15, 0.2) is 42.5 Å². The molecule has 2 atom stereocenters. The number of likely N-dealkylation sites (tertiary alicyclic amines) is 1. The van der Waals surface area contributed by atoms with Gasteiger partial charge in [0, 0.05) is 37.2 Å². The highest BCUT2D eigenvalue weighted by Gasteiger charge is 2.47. The second-order valence-corrected chi connectivity index (χ2v) is 11.8. The number of anilines is 1. The van der Waals surface area contributed by atoms with E-state index in [0.29, 0.717) is 56.4 Å². The molecule has 3 fully saturated rings. The maximum Gasteiger partial charge on any atom is 0.301 e. The van der Waals surface area contributed by atoms with E-state index in [2.05, 4.69) is 4.72 Å². The molecule has 1 N–H and O–H groups in total. The third-order valence-corrected chi connectivity index (χ3v) is 8.84. The van der Waals surface area contributed by atoms with Crippen molar-refractivity contribution in [1.82, 2.24) is 9.21 Å². The summed E-state index contributed by atoms with van der Waals surface area (Å²) in [5.74, 6) is 0.458. The fraction of sp³-hybridized carbons (Fsp3) is 0.500. The van der Waals surface area contributed by atoms with Gasteiger partial charge in [-0.3, -0.25) is 9.52 Å². The van der Waals surface area contributed by atoms with Crippen molar-refractivity contribution in [2.24, 2.45) is 5.41 Å². The number of carbonyl (C=O) groups excluding carboxylic acids is 1. The normalized spacial score (nSPS) is 23.6. The first-order chi connectivity index (χ1) is 17.2. The van der Waals surface area contributed by atoms with Crippen LogP contribution in [0.1, 0.15) is 27.9 Å². The molecule has 3 saturated heterocycles. The first-order valence-corrected chi connectivity index (χ1v) is 13.6. The van der Waals surface area contributed by atoms with Gasteiger partial charge >= 0.3 is 10.2 Å². The summed E-state index contributed by atoms with van der Waals surface area (Å²) in [5.41, 5.74) is 3.03. The summed E-state index contributed by atoms with van der Waals surface area (Å²) in [7, 11) is -2.08. The van der Waals surface area contributed by atoms with E-state index >= 15 is 0 Å². The second kappa shape index (κ2) is 9.66. The molecule has 3 aliphatic heterocycles. The second-order valence-electron chi connectivity index (χ2n) is 10.2. The molecule has 3 heterocycles. The molecular weight excluding hydrogens is 482 g/mol. The van der Waals surface area contributed by atoms with E-state index in [-0.39, 0.29) is 23.5 Å². The lowest BCUT2D eigenvalue weighted by atomic mass is 9.86. The molecule has 0 radical (unpaired) electrons. The Hall–Kier alpha value is -2.66. The van der Waals surface area contributed by atoms with Gasteiger partial charge in [-0.2, -0.15) is 12.7 Å². The molecule has 5 rings (SSSR count). The number of ether oxygens (including phenoxy) is 3.